The second kappa shape index (κ2) is 8.01. The van der Waals surface area contributed by atoms with Crippen LogP contribution in [-0.4, -0.2) is 29.9 Å². The lowest BCUT2D eigenvalue weighted by molar-refractivity contribution is -0.124. The first-order valence-corrected chi connectivity index (χ1v) is 10.9. The zero-order valence-electron chi connectivity index (χ0n) is 18.0. The minimum Gasteiger partial charge on any atom is -0.365 e. The highest BCUT2D eigenvalue weighted by Gasteiger charge is 2.39. The average molecular weight is 425 g/mol. The predicted octanol–water partition coefficient (Wildman–Crippen LogP) is 3.73. The van der Waals surface area contributed by atoms with E-state index in [4.69, 9.17) is 5.26 Å². The lowest BCUT2D eigenvalue weighted by atomic mass is 10.0. The highest BCUT2D eigenvalue weighted by Crippen LogP contribution is 2.33. The number of benzene rings is 2. The molecular weight excluding hydrogens is 400 g/mol. The van der Waals surface area contributed by atoms with Gasteiger partial charge in [0.1, 0.15) is 0 Å². The average Bonchev–Trinajstić information content (AvgIpc) is 3.51. The summed E-state index contributed by atoms with van der Waals surface area (Å²) in [6, 6.07) is 17.6. The predicted molar refractivity (Wildman–Crippen MR) is 122 cm³/mol. The molecule has 3 heterocycles. The fourth-order valence-electron chi connectivity index (χ4n) is 4.79. The third kappa shape index (κ3) is 3.67. The van der Waals surface area contributed by atoms with Crippen molar-refractivity contribution in [3.63, 3.8) is 0 Å². The van der Waals surface area contributed by atoms with Crippen molar-refractivity contribution in [3.8, 4) is 6.07 Å². The lowest BCUT2D eigenvalue weighted by Gasteiger charge is -2.22. The summed E-state index contributed by atoms with van der Waals surface area (Å²) in [6.45, 7) is 3.05. The van der Waals surface area contributed by atoms with Gasteiger partial charge in [0.2, 0.25) is 11.8 Å². The van der Waals surface area contributed by atoms with Crippen molar-refractivity contribution < 1.29 is 9.59 Å². The number of aromatic nitrogens is 1. The molecule has 2 aliphatic rings. The van der Waals surface area contributed by atoms with E-state index in [1.54, 1.807) is 23.1 Å². The summed E-state index contributed by atoms with van der Waals surface area (Å²) in [5, 5.41) is 9.13. The highest BCUT2D eigenvalue weighted by atomic mass is 16.2. The molecule has 6 nitrogen and oxygen atoms in total. The molecule has 2 aromatic carbocycles. The van der Waals surface area contributed by atoms with Crippen molar-refractivity contribution in [2.24, 2.45) is 5.92 Å². The summed E-state index contributed by atoms with van der Waals surface area (Å²) >= 11 is 0. The third-order valence-corrected chi connectivity index (χ3v) is 6.36. The molecule has 1 unspecified atom stereocenters. The molecule has 3 aromatic rings. The molecule has 0 radical (unpaired) electrons. The molecule has 2 amide bonds. The molecule has 0 saturated carbocycles. The number of nitrogens with zero attached hydrogens (tertiary/aromatic N) is 3. The van der Waals surface area contributed by atoms with E-state index < -0.39 is 0 Å². The van der Waals surface area contributed by atoms with Crippen LogP contribution in [0.25, 0.3) is 0 Å². The minimum atomic E-state index is -0.373. The van der Waals surface area contributed by atoms with Crippen molar-refractivity contribution in [2.75, 3.05) is 22.9 Å². The quantitative estimate of drug-likeness (QED) is 0.693. The molecule has 0 bridgehead atoms. The Morgan fingerprint density at radius 3 is 2.84 bits per heavy atom. The van der Waals surface area contributed by atoms with Gasteiger partial charge < -0.3 is 14.8 Å². The number of hydrogen-bond donors (Lipinski definition) is 1. The molecule has 1 aromatic heterocycles. The smallest absolute Gasteiger partial charge is 0.232 e. The molecule has 2 aliphatic heterocycles. The van der Waals surface area contributed by atoms with Gasteiger partial charge in [-0.3, -0.25) is 9.59 Å². The minimum absolute atomic E-state index is 0.00467. The van der Waals surface area contributed by atoms with Crippen molar-refractivity contribution in [1.82, 2.24) is 4.98 Å². The highest BCUT2D eigenvalue weighted by molar-refractivity contribution is 6.05. The van der Waals surface area contributed by atoms with Gasteiger partial charge in [0.15, 0.2) is 0 Å². The van der Waals surface area contributed by atoms with E-state index in [1.807, 2.05) is 30.2 Å². The van der Waals surface area contributed by atoms with Crippen LogP contribution in [0, 0.1) is 24.2 Å². The number of carbonyl (C=O) groups excluding carboxylic acids is 2. The fourth-order valence-corrected chi connectivity index (χ4v) is 4.79. The van der Waals surface area contributed by atoms with Crippen LogP contribution < -0.4 is 9.80 Å². The van der Waals surface area contributed by atoms with Crippen molar-refractivity contribution in [3.05, 3.63) is 82.7 Å². The Morgan fingerprint density at radius 2 is 2.06 bits per heavy atom. The van der Waals surface area contributed by atoms with Crippen LogP contribution in [0.3, 0.4) is 0 Å². The molecule has 1 saturated heterocycles. The summed E-state index contributed by atoms with van der Waals surface area (Å²) in [5.41, 5.74) is 6.96. The number of nitrogens with one attached hydrogen (secondary N) is 1. The Bertz CT molecular complexity index is 1250. The topological polar surface area (TPSA) is 80.2 Å². The van der Waals surface area contributed by atoms with Crippen LogP contribution >= 0.6 is 0 Å². The van der Waals surface area contributed by atoms with Crippen LogP contribution in [0.15, 0.2) is 54.7 Å². The summed E-state index contributed by atoms with van der Waals surface area (Å²) in [4.78, 5) is 32.7. The summed E-state index contributed by atoms with van der Waals surface area (Å²) in [5.74, 6) is -0.443. The van der Waals surface area contributed by atoms with Gasteiger partial charge in [0.05, 0.1) is 17.6 Å². The number of rotatable bonds is 4. The normalized spacial score (nSPS) is 17.5. The molecule has 1 atom stereocenters. The lowest BCUT2D eigenvalue weighted by Crippen LogP contribution is -2.36. The number of aryl methyl sites for hydroxylation is 1. The van der Waals surface area contributed by atoms with E-state index in [1.165, 1.54) is 16.7 Å². The zero-order valence-corrected chi connectivity index (χ0v) is 18.0. The molecule has 5 rings (SSSR count). The van der Waals surface area contributed by atoms with E-state index in [0.29, 0.717) is 24.3 Å². The van der Waals surface area contributed by atoms with Crippen molar-refractivity contribution in [1.29, 1.82) is 5.26 Å². The van der Waals surface area contributed by atoms with Crippen molar-refractivity contribution in [2.45, 2.75) is 26.2 Å². The second-order valence-corrected chi connectivity index (χ2v) is 8.64. The van der Waals surface area contributed by atoms with Crippen LogP contribution in [0.4, 0.5) is 11.4 Å². The summed E-state index contributed by atoms with van der Waals surface area (Å²) in [6.07, 6.45) is 3.93. The van der Waals surface area contributed by atoms with Gasteiger partial charge in [-0.2, -0.15) is 5.26 Å². The summed E-state index contributed by atoms with van der Waals surface area (Å²) < 4.78 is 0. The number of carbonyl (C=O) groups is 2. The largest absolute Gasteiger partial charge is 0.365 e. The Kier molecular flexibility index (Phi) is 5.02. The zero-order chi connectivity index (χ0) is 22.2. The number of hydrogen-bond acceptors (Lipinski definition) is 3. The fraction of sp³-hybridized carbons (Fsp3) is 0.269. The molecule has 1 fully saturated rings. The number of aromatic amines is 1. The van der Waals surface area contributed by atoms with Gasteiger partial charge in [-0.15, -0.1) is 0 Å². The van der Waals surface area contributed by atoms with Gasteiger partial charge in [-0.05, 0) is 66.8 Å². The number of fused-ring (bicyclic) bond motifs is 1. The number of amides is 2. The first-order valence-electron chi connectivity index (χ1n) is 10.9. The van der Waals surface area contributed by atoms with E-state index >= 15 is 0 Å². The van der Waals surface area contributed by atoms with Crippen LogP contribution in [0.5, 0.6) is 0 Å². The van der Waals surface area contributed by atoms with Gasteiger partial charge in [0, 0.05) is 42.8 Å². The molecule has 0 aliphatic carbocycles. The molecule has 160 valence electrons. The van der Waals surface area contributed by atoms with Gasteiger partial charge in [-0.1, -0.05) is 18.2 Å². The van der Waals surface area contributed by atoms with Crippen LogP contribution in [0.2, 0.25) is 0 Å². The molecule has 0 spiro atoms. The second-order valence-electron chi connectivity index (χ2n) is 8.64. The first-order chi connectivity index (χ1) is 15.5. The summed E-state index contributed by atoms with van der Waals surface area (Å²) in [7, 11) is 0. The standard InChI is InChI=1S/C26H24N4O2/c1-17-9-20(15-28-17)10-18-5-6-24-21(11-18)7-8-29(24)26(32)22-13-25(31)30(16-22)23-4-2-3-19(12-23)14-27/h2-6,9,11-12,15,22,28H,7-8,10,13,16H2,1H3. The van der Waals surface area contributed by atoms with Crippen LogP contribution in [0.1, 0.15) is 34.4 Å². The Balaban J connectivity index is 1.31. The Labute approximate surface area is 187 Å². The molecule has 1 N–H and O–H groups in total. The van der Waals surface area contributed by atoms with E-state index in [9.17, 15) is 9.59 Å². The van der Waals surface area contributed by atoms with Gasteiger partial charge in [-0.25, -0.2) is 0 Å². The maximum absolute atomic E-state index is 13.3. The van der Waals surface area contributed by atoms with Crippen LogP contribution in [-0.2, 0) is 22.4 Å². The monoisotopic (exact) mass is 424 g/mol. The number of anilines is 2. The molecular formula is C26H24N4O2. The first kappa shape index (κ1) is 20.1. The third-order valence-electron chi connectivity index (χ3n) is 6.36. The number of nitriles is 1. The maximum atomic E-state index is 13.3. The van der Waals surface area contributed by atoms with Gasteiger partial charge >= 0.3 is 0 Å². The Morgan fingerprint density at radius 1 is 1.19 bits per heavy atom. The maximum Gasteiger partial charge on any atom is 0.232 e. The van der Waals surface area contributed by atoms with Gasteiger partial charge in [0.25, 0.3) is 0 Å². The molecule has 6 heteroatoms. The van der Waals surface area contributed by atoms with Crippen molar-refractivity contribution >= 4 is 23.2 Å². The Hall–Kier alpha value is -3.85. The number of H-pyrrole nitrogens is 1. The van der Waals surface area contributed by atoms with E-state index in [-0.39, 0.29) is 24.2 Å². The van der Waals surface area contributed by atoms with E-state index in [0.717, 1.165) is 24.2 Å². The molecule has 32 heavy (non-hydrogen) atoms. The SMILES string of the molecule is Cc1cc(Cc2ccc3c(c2)CCN3C(=O)C2CC(=O)N(c3cccc(C#N)c3)C2)c[nH]1. The van der Waals surface area contributed by atoms with E-state index in [2.05, 4.69) is 29.3 Å².